The van der Waals surface area contributed by atoms with E-state index < -0.39 is 0 Å². The highest BCUT2D eigenvalue weighted by molar-refractivity contribution is 5.20. The van der Waals surface area contributed by atoms with E-state index in [2.05, 4.69) is 4.98 Å². The molecular formula is C7H8N2O2. The molecule has 4 nitrogen and oxygen atoms in total. The molecule has 0 N–H and O–H groups in total. The van der Waals surface area contributed by atoms with Crippen LogP contribution in [-0.2, 0) is 6.54 Å². The molecule has 0 aliphatic rings. The maximum Gasteiger partial charge on any atom is 0.229 e. The van der Waals surface area contributed by atoms with Crippen LogP contribution in [0.5, 0.6) is 0 Å². The van der Waals surface area contributed by atoms with Crippen LogP contribution >= 0.6 is 0 Å². The quantitative estimate of drug-likeness (QED) is 0.472. The van der Waals surface area contributed by atoms with Gasteiger partial charge < -0.3 is 0 Å². The number of aromatic nitrogens is 1. The molecule has 11 heavy (non-hydrogen) atoms. The van der Waals surface area contributed by atoms with E-state index in [4.69, 9.17) is 0 Å². The fraction of sp³-hybridized carbons (Fsp3) is 0.286. The molecule has 0 amide bonds. The van der Waals surface area contributed by atoms with Gasteiger partial charge in [-0.1, -0.05) is 0 Å². The molecule has 0 fully saturated rings. The van der Waals surface area contributed by atoms with Crippen LogP contribution in [0.3, 0.4) is 0 Å². The standard InChI is InChI=1S/C7H8N2O2/c1-6-4-8-3-2-7(6)5-9(10)11/h2-4H,5H2,1H3. The molecule has 1 rings (SSSR count). The van der Waals surface area contributed by atoms with Crippen molar-refractivity contribution in [2.45, 2.75) is 13.5 Å². The number of hydrogen-bond donors (Lipinski definition) is 0. The lowest BCUT2D eigenvalue weighted by atomic mass is 10.2. The van der Waals surface area contributed by atoms with Gasteiger partial charge in [-0.05, 0) is 18.6 Å². The highest BCUT2D eigenvalue weighted by atomic mass is 16.6. The molecule has 58 valence electrons. The second kappa shape index (κ2) is 3.09. The Hall–Kier alpha value is -1.45. The van der Waals surface area contributed by atoms with Gasteiger partial charge in [0, 0.05) is 22.9 Å². The molecule has 0 aliphatic carbocycles. The third-order valence-electron chi connectivity index (χ3n) is 1.44. The topological polar surface area (TPSA) is 56.0 Å². The smallest absolute Gasteiger partial charge is 0.229 e. The largest absolute Gasteiger partial charge is 0.264 e. The molecule has 1 aromatic heterocycles. The SMILES string of the molecule is Cc1cnccc1C[N+](=O)[O-]. The van der Waals surface area contributed by atoms with Gasteiger partial charge in [-0.2, -0.15) is 0 Å². The van der Waals surface area contributed by atoms with Gasteiger partial charge in [-0.3, -0.25) is 15.1 Å². The molecule has 0 atom stereocenters. The van der Waals surface area contributed by atoms with E-state index >= 15 is 0 Å². The number of aryl methyl sites for hydroxylation is 1. The van der Waals surface area contributed by atoms with E-state index in [0.717, 1.165) is 11.1 Å². The lowest BCUT2D eigenvalue weighted by Crippen LogP contribution is -2.00. The number of hydrogen-bond acceptors (Lipinski definition) is 3. The number of pyridine rings is 1. The lowest BCUT2D eigenvalue weighted by molar-refractivity contribution is -0.496. The van der Waals surface area contributed by atoms with Crippen LogP contribution in [0.1, 0.15) is 11.1 Å². The molecule has 0 aliphatic heterocycles. The third kappa shape index (κ3) is 2.00. The summed E-state index contributed by atoms with van der Waals surface area (Å²) >= 11 is 0. The minimum Gasteiger partial charge on any atom is -0.264 e. The Morgan fingerprint density at radius 1 is 1.73 bits per heavy atom. The van der Waals surface area contributed by atoms with E-state index in [-0.39, 0.29) is 11.5 Å². The minimum absolute atomic E-state index is 0.117. The minimum atomic E-state index is -0.345. The summed E-state index contributed by atoms with van der Waals surface area (Å²) in [6.45, 7) is 1.69. The average Bonchev–Trinajstić information content (AvgIpc) is 1.93. The Balaban J connectivity index is 2.86. The predicted molar refractivity (Wildman–Crippen MR) is 39.7 cm³/mol. The van der Waals surface area contributed by atoms with E-state index in [0.29, 0.717) is 0 Å². The number of nitrogens with zero attached hydrogens (tertiary/aromatic N) is 2. The fourth-order valence-electron chi connectivity index (χ4n) is 0.819. The summed E-state index contributed by atoms with van der Waals surface area (Å²) in [5, 5.41) is 10.1. The van der Waals surface area contributed by atoms with Crippen LogP contribution in [-0.4, -0.2) is 9.91 Å². The zero-order valence-electron chi connectivity index (χ0n) is 6.15. The van der Waals surface area contributed by atoms with Gasteiger partial charge in [0.2, 0.25) is 6.54 Å². The second-order valence-corrected chi connectivity index (χ2v) is 2.29. The lowest BCUT2D eigenvalue weighted by Gasteiger charge is -1.97. The summed E-state index contributed by atoms with van der Waals surface area (Å²) in [5.74, 6) is 0. The Bertz CT molecular complexity index is 273. The van der Waals surface area contributed by atoms with E-state index in [9.17, 15) is 10.1 Å². The molecule has 0 saturated heterocycles. The van der Waals surface area contributed by atoms with Crippen LogP contribution in [0.2, 0.25) is 0 Å². The molecule has 0 unspecified atom stereocenters. The van der Waals surface area contributed by atoms with Crippen molar-refractivity contribution >= 4 is 0 Å². The van der Waals surface area contributed by atoms with Crippen molar-refractivity contribution in [1.82, 2.24) is 4.98 Å². The van der Waals surface area contributed by atoms with Crippen molar-refractivity contribution in [2.75, 3.05) is 0 Å². The first-order valence-electron chi connectivity index (χ1n) is 3.21. The molecule has 0 bridgehead atoms. The van der Waals surface area contributed by atoms with Gasteiger partial charge in [0.25, 0.3) is 0 Å². The molecule has 1 heterocycles. The molecule has 1 aromatic rings. The summed E-state index contributed by atoms with van der Waals surface area (Å²) in [5.41, 5.74) is 1.59. The maximum atomic E-state index is 10.1. The summed E-state index contributed by atoms with van der Waals surface area (Å²) in [4.78, 5) is 13.6. The molecule has 4 heteroatoms. The molecule has 0 radical (unpaired) electrons. The van der Waals surface area contributed by atoms with E-state index in [1.165, 1.54) is 0 Å². The van der Waals surface area contributed by atoms with Gasteiger partial charge in [0.15, 0.2) is 0 Å². The van der Waals surface area contributed by atoms with E-state index in [1.54, 1.807) is 18.5 Å². The van der Waals surface area contributed by atoms with Crippen LogP contribution in [0, 0.1) is 17.0 Å². The van der Waals surface area contributed by atoms with Crippen LogP contribution < -0.4 is 0 Å². The van der Waals surface area contributed by atoms with Crippen molar-refractivity contribution < 1.29 is 4.92 Å². The first kappa shape index (κ1) is 7.65. The van der Waals surface area contributed by atoms with Crippen molar-refractivity contribution in [3.8, 4) is 0 Å². The first-order chi connectivity index (χ1) is 5.20. The van der Waals surface area contributed by atoms with Gasteiger partial charge in [-0.25, -0.2) is 0 Å². The summed E-state index contributed by atoms with van der Waals surface area (Å²) in [6, 6.07) is 1.66. The zero-order chi connectivity index (χ0) is 8.27. The van der Waals surface area contributed by atoms with Crippen LogP contribution in [0.15, 0.2) is 18.5 Å². The van der Waals surface area contributed by atoms with E-state index in [1.807, 2.05) is 6.92 Å². The molecule has 0 aromatic carbocycles. The van der Waals surface area contributed by atoms with Crippen molar-refractivity contribution in [2.24, 2.45) is 0 Å². The third-order valence-corrected chi connectivity index (χ3v) is 1.44. The predicted octanol–water partition coefficient (Wildman–Crippen LogP) is 1.17. The first-order valence-corrected chi connectivity index (χ1v) is 3.21. The molecule has 0 spiro atoms. The van der Waals surface area contributed by atoms with Crippen molar-refractivity contribution in [3.05, 3.63) is 39.7 Å². The maximum absolute atomic E-state index is 10.1. The van der Waals surface area contributed by atoms with Crippen molar-refractivity contribution in [3.63, 3.8) is 0 Å². The molecular weight excluding hydrogens is 144 g/mol. The van der Waals surface area contributed by atoms with Gasteiger partial charge in [0.05, 0.1) is 0 Å². The monoisotopic (exact) mass is 152 g/mol. The second-order valence-electron chi connectivity index (χ2n) is 2.29. The summed E-state index contributed by atoms with van der Waals surface area (Å²) in [7, 11) is 0. The Morgan fingerprint density at radius 2 is 2.45 bits per heavy atom. The Labute approximate surface area is 64.0 Å². The van der Waals surface area contributed by atoms with Gasteiger partial charge in [0.1, 0.15) is 0 Å². The normalized spacial score (nSPS) is 9.55. The molecule has 0 saturated carbocycles. The summed E-state index contributed by atoms with van der Waals surface area (Å²) in [6.07, 6.45) is 3.19. The van der Waals surface area contributed by atoms with Gasteiger partial charge >= 0.3 is 0 Å². The summed E-state index contributed by atoms with van der Waals surface area (Å²) < 4.78 is 0. The highest BCUT2D eigenvalue weighted by Gasteiger charge is 2.03. The van der Waals surface area contributed by atoms with Crippen LogP contribution in [0.4, 0.5) is 0 Å². The fourth-order valence-corrected chi connectivity index (χ4v) is 0.819. The Kier molecular flexibility index (Phi) is 2.15. The Morgan fingerprint density at radius 3 is 3.00 bits per heavy atom. The number of nitro groups is 1. The zero-order valence-corrected chi connectivity index (χ0v) is 6.15. The van der Waals surface area contributed by atoms with Crippen LogP contribution in [0.25, 0.3) is 0 Å². The van der Waals surface area contributed by atoms with Gasteiger partial charge in [-0.15, -0.1) is 0 Å². The highest BCUT2D eigenvalue weighted by Crippen LogP contribution is 2.05. The average molecular weight is 152 g/mol. The number of rotatable bonds is 2. The van der Waals surface area contributed by atoms with Crippen molar-refractivity contribution in [1.29, 1.82) is 0 Å².